The molecule has 3 nitrogen and oxygen atoms in total. The summed E-state index contributed by atoms with van der Waals surface area (Å²) < 4.78 is 4.98. The van der Waals surface area contributed by atoms with Crippen LogP contribution < -0.4 is 10.1 Å². The van der Waals surface area contributed by atoms with Gasteiger partial charge in [-0.3, -0.25) is 4.79 Å². The van der Waals surface area contributed by atoms with Crippen LogP contribution in [0.4, 0.5) is 0 Å². The molecule has 0 saturated carbocycles. The van der Waals surface area contributed by atoms with Gasteiger partial charge in [-0.15, -0.1) is 30.8 Å². The topological polar surface area (TPSA) is 38.3 Å². The first kappa shape index (κ1) is 33.7. The van der Waals surface area contributed by atoms with E-state index in [9.17, 15) is 4.79 Å². The molecule has 0 aliphatic rings. The first-order chi connectivity index (χ1) is 15.9. The summed E-state index contributed by atoms with van der Waals surface area (Å²) in [7, 11) is 1.66. The highest BCUT2D eigenvalue weighted by Gasteiger charge is 2.01. The van der Waals surface area contributed by atoms with Crippen molar-refractivity contribution >= 4 is 18.1 Å². The number of carbonyl (C=O) groups excluding carboxylic acids is 1. The second-order valence-electron chi connectivity index (χ2n) is 5.86. The molecular weight excluding hydrogens is 406 g/mol. The zero-order valence-electron chi connectivity index (χ0n) is 21.1. The van der Waals surface area contributed by atoms with E-state index in [1.165, 1.54) is 0 Å². The van der Waals surface area contributed by atoms with Crippen LogP contribution in [0.25, 0.3) is 12.2 Å². The fraction of sp³-hybridized carbons (Fsp3) is 0.233. The molecule has 0 atom stereocenters. The first-order valence-corrected chi connectivity index (χ1v) is 10.4. The number of amides is 1. The van der Waals surface area contributed by atoms with Gasteiger partial charge in [0.1, 0.15) is 5.75 Å². The lowest BCUT2D eigenvalue weighted by molar-refractivity contribution is 0.0956. The summed E-state index contributed by atoms with van der Waals surface area (Å²) in [6.07, 6.45) is 9.90. The van der Waals surface area contributed by atoms with E-state index in [1.807, 2.05) is 64.1 Å². The Balaban J connectivity index is -0.000000396. The maximum Gasteiger partial charge on any atom is 0.251 e. The average Bonchev–Trinajstić information content (AvgIpc) is 2.86. The van der Waals surface area contributed by atoms with Crippen molar-refractivity contribution in [3.63, 3.8) is 0 Å². The van der Waals surface area contributed by atoms with Crippen LogP contribution in [0, 0.1) is 24.2 Å². The molecule has 2 rings (SSSR count). The Morgan fingerprint density at radius 3 is 1.58 bits per heavy atom. The van der Waals surface area contributed by atoms with Crippen molar-refractivity contribution < 1.29 is 9.53 Å². The minimum Gasteiger partial charge on any atom is -0.497 e. The van der Waals surface area contributed by atoms with E-state index in [4.69, 9.17) is 4.74 Å². The predicted molar refractivity (Wildman–Crippen MR) is 147 cm³/mol. The molecule has 2 aromatic carbocycles. The molecule has 0 heterocycles. The molecule has 3 heteroatoms. The van der Waals surface area contributed by atoms with Crippen LogP contribution in [-0.2, 0) is 0 Å². The van der Waals surface area contributed by atoms with Gasteiger partial charge >= 0.3 is 0 Å². The highest BCUT2D eigenvalue weighted by molar-refractivity contribution is 5.94. The predicted octanol–water partition coefficient (Wildman–Crippen LogP) is 7.28. The zero-order valence-corrected chi connectivity index (χ0v) is 21.1. The van der Waals surface area contributed by atoms with E-state index in [1.54, 1.807) is 44.4 Å². The van der Waals surface area contributed by atoms with Gasteiger partial charge in [-0.1, -0.05) is 55.7 Å². The van der Waals surface area contributed by atoms with Crippen molar-refractivity contribution in [2.75, 3.05) is 13.7 Å². The van der Waals surface area contributed by atoms with E-state index in [0.717, 1.165) is 16.9 Å². The van der Waals surface area contributed by atoms with E-state index < -0.39 is 0 Å². The number of terminal acetylenes is 1. The fourth-order valence-electron chi connectivity index (χ4n) is 1.77. The van der Waals surface area contributed by atoms with Crippen LogP contribution in [0.2, 0.25) is 0 Å². The monoisotopic (exact) mass is 445 g/mol. The summed E-state index contributed by atoms with van der Waals surface area (Å²) in [4.78, 5) is 11.3. The SMILES string of the molecule is C#CC.C=CC.C=Cc1ccc(C(=O)NCC)cc1.C=Cc1ccc(OC)cc1.CC#CC. The average molecular weight is 446 g/mol. The molecule has 176 valence electrons. The van der Waals surface area contributed by atoms with Gasteiger partial charge < -0.3 is 10.1 Å². The number of carbonyl (C=O) groups is 1. The van der Waals surface area contributed by atoms with Crippen molar-refractivity contribution in [1.29, 1.82) is 0 Å². The molecule has 1 N–H and O–H groups in total. The van der Waals surface area contributed by atoms with Crippen LogP contribution in [0.1, 0.15) is 56.1 Å². The third-order valence-corrected chi connectivity index (χ3v) is 3.35. The molecular formula is C30H39NO2. The van der Waals surface area contributed by atoms with Crippen LogP contribution >= 0.6 is 0 Å². The minimum atomic E-state index is -0.0295. The minimum absolute atomic E-state index is 0.0295. The van der Waals surface area contributed by atoms with Crippen LogP contribution in [0.5, 0.6) is 5.75 Å². The summed E-state index contributed by atoms with van der Waals surface area (Å²) in [5, 5.41) is 2.73. The van der Waals surface area contributed by atoms with Gasteiger partial charge in [0, 0.05) is 12.1 Å². The first-order valence-electron chi connectivity index (χ1n) is 10.4. The van der Waals surface area contributed by atoms with Crippen molar-refractivity contribution in [2.45, 2.75) is 34.6 Å². The maximum atomic E-state index is 11.3. The number of hydrogen-bond donors (Lipinski definition) is 1. The van der Waals surface area contributed by atoms with E-state index in [2.05, 4.69) is 49.2 Å². The Hall–Kier alpha value is -3.95. The third kappa shape index (κ3) is 21.1. The van der Waals surface area contributed by atoms with Crippen molar-refractivity contribution in [2.24, 2.45) is 0 Å². The van der Waals surface area contributed by atoms with Gasteiger partial charge in [-0.25, -0.2) is 0 Å². The number of hydrogen-bond acceptors (Lipinski definition) is 2. The molecule has 33 heavy (non-hydrogen) atoms. The number of nitrogens with one attached hydrogen (secondary N) is 1. The molecule has 0 aromatic heterocycles. The number of allylic oxidation sites excluding steroid dienone is 1. The van der Waals surface area contributed by atoms with Crippen LogP contribution in [0.3, 0.4) is 0 Å². The number of methoxy groups -OCH3 is 1. The molecule has 0 aliphatic heterocycles. The highest BCUT2D eigenvalue weighted by Crippen LogP contribution is 2.11. The Labute approximate surface area is 202 Å². The molecule has 1 amide bonds. The highest BCUT2D eigenvalue weighted by atomic mass is 16.5. The van der Waals surface area contributed by atoms with Crippen molar-refractivity contribution in [3.8, 4) is 29.9 Å². The van der Waals surface area contributed by atoms with Gasteiger partial charge in [0.05, 0.1) is 7.11 Å². The van der Waals surface area contributed by atoms with E-state index in [-0.39, 0.29) is 5.91 Å². The molecule has 2 aromatic rings. The lowest BCUT2D eigenvalue weighted by Gasteiger charge is -2.01. The molecule has 0 aliphatic carbocycles. The van der Waals surface area contributed by atoms with Crippen LogP contribution in [0.15, 0.2) is 74.3 Å². The fourth-order valence-corrected chi connectivity index (χ4v) is 1.77. The summed E-state index contributed by atoms with van der Waals surface area (Å²) in [5.74, 6) is 8.46. The van der Waals surface area contributed by atoms with E-state index >= 15 is 0 Å². The maximum absolute atomic E-state index is 11.3. The molecule has 0 radical (unpaired) electrons. The Morgan fingerprint density at radius 2 is 1.30 bits per heavy atom. The van der Waals surface area contributed by atoms with Crippen molar-refractivity contribution in [3.05, 3.63) is 91.0 Å². The smallest absolute Gasteiger partial charge is 0.251 e. The molecule has 0 saturated heterocycles. The quantitative estimate of drug-likeness (QED) is 0.388. The summed E-state index contributed by atoms with van der Waals surface area (Å²) in [6.45, 7) is 20.4. The van der Waals surface area contributed by atoms with Gasteiger partial charge in [0.2, 0.25) is 0 Å². The largest absolute Gasteiger partial charge is 0.497 e. The van der Waals surface area contributed by atoms with Gasteiger partial charge in [-0.2, -0.15) is 0 Å². The van der Waals surface area contributed by atoms with E-state index in [0.29, 0.717) is 12.1 Å². The molecule has 0 unspecified atom stereocenters. The lowest BCUT2D eigenvalue weighted by atomic mass is 10.1. The Morgan fingerprint density at radius 1 is 0.939 bits per heavy atom. The third-order valence-electron chi connectivity index (χ3n) is 3.35. The van der Waals surface area contributed by atoms with Crippen molar-refractivity contribution in [1.82, 2.24) is 5.32 Å². The second kappa shape index (κ2) is 26.1. The summed E-state index contributed by atoms with van der Waals surface area (Å²) in [6, 6.07) is 15.1. The normalized spacial score (nSPS) is 7.42. The lowest BCUT2D eigenvalue weighted by Crippen LogP contribution is -2.22. The van der Waals surface area contributed by atoms with Gasteiger partial charge in [-0.05, 0) is 70.0 Å². The number of ether oxygens (including phenoxy) is 1. The number of benzene rings is 2. The second-order valence-corrected chi connectivity index (χ2v) is 5.86. The number of rotatable bonds is 5. The summed E-state index contributed by atoms with van der Waals surface area (Å²) >= 11 is 0. The van der Waals surface area contributed by atoms with Crippen LogP contribution in [-0.4, -0.2) is 19.6 Å². The Kier molecular flexibility index (Phi) is 26.6. The molecule has 0 spiro atoms. The van der Waals surface area contributed by atoms with Gasteiger partial charge in [0.25, 0.3) is 5.91 Å². The van der Waals surface area contributed by atoms with Gasteiger partial charge in [0.15, 0.2) is 0 Å². The summed E-state index contributed by atoms with van der Waals surface area (Å²) in [5.41, 5.74) is 2.82. The zero-order chi connectivity index (χ0) is 25.9. The molecule has 0 bridgehead atoms. The Bertz CT molecular complexity index is 868. The molecule has 0 fully saturated rings. The standard InChI is InChI=1S/C11H13NO.C9H10O.C4H6.C3H6.C3H4/c1-3-9-5-7-10(8-6-9)11(13)12-4-2;1-3-8-4-6-9(10-2)7-5-8;1-3-4-2;2*1-3-2/h3,5-8H,1,4H2,2H3,(H,12,13);3-7H,1H2,2H3;1-2H3;3H,1H2,2H3;1H,2H3.